The Kier molecular flexibility index (Phi) is 7.15. The lowest BCUT2D eigenvalue weighted by Crippen LogP contribution is -2.00. The third kappa shape index (κ3) is 4.61. The zero-order valence-electron chi connectivity index (χ0n) is 14.1. The summed E-state index contributed by atoms with van der Waals surface area (Å²) < 4.78 is 0. The highest BCUT2D eigenvalue weighted by Gasteiger charge is 2.17. The molecule has 0 radical (unpaired) electrons. The molecule has 2 aromatic rings. The molecule has 0 bridgehead atoms. The molecule has 0 aromatic heterocycles. The molecular formula is C20H24ClN. The molecule has 2 aromatic carbocycles. The third-order valence-corrected chi connectivity index (χ3v) is 3.79. The Balaban J connectivity index is 0.000000745. The molecule has 2 rings (SSSR count). The van der Waals surface area contributed by atoms with Crippen molar-refractivity contribution in [2.24, 2.45) is 0 Å². The van der Waals surface area contributed by atoms with Gasteiger partial charge in [-0.05, 0) is 49.1 Å². The Morgan fingerprint density at radius 1 is 1.00 bits per heavy atom. The summed E-state index contributed by atoms with van der Waals surface area (Å²) in [6.45, 7) is 10.4. The minimum atomic E-state index is -0.313. The highest BCUT2D eigenvalue weighted by Crippen LogP contribution is 2.32. The van der Waals surface area contributed by atoms with Crippen LogP contribution < -0.4 is 0 Å². The fraction of sp³-hybridized carbons (Fsp3) is 0.350. The van der Waals surface area contributed by atoms with Gasteiger partial charge in [-0.2, -0.15) is 5.26 Å². The molecular weight excluding hydrogens is 290 g/mol. The van der Waals surface area contributed by atoms with E-state index in [1.54, 1.807) is 0 Å². The Morgan fingerprint density at radius 2 is 1.50 bits per heavy atom. The molecule has 22 heavy (non-hydrogen) atoms. The molecule has 1 nitrogen and oxygen atoms in total. The van der Waals surface area contributed by atoms with Crippen LogP contribution in [0, 0.1) is 32.1 Å². The van der Waals surface area contributed by atoms with Crippen LogP contribution in [0.3, 0.4) is 0 Å². The van der Waals surface area contributed by atoms with Crippen molar-refractivity contribution in [3.8, 4) is 6.07 Å². The minimum Gasteiger partial charge on any atom is -0.197 e. The molecule has 0 heterocycles. The van der Waals surface area contributed by atoms with Crippen LogP contribution in [0.15, 0.2) is 36.4 Å². The average Bonchev–Trinajstić information content (AvgIpc) is 2.48. The number of benzene rings is 2. The van der Waals surface area contributed by atoms with Crippen LogP contribution in [-0.4, -0.2) is 0 Å². The lowest BCUT2D eigenvalue weighted by molar-refractivity contribution is 1.03. The number of nitrogens with zero attached hydrogens (tertiary/aromatic N) is 1. The highest BCUT2D eigenvalue weighted by molar-refractivity contribution is 6.31. The van der Waals surface area contributed by atoms with Gasteiger partial charge in [0.15, 0.2) is 0 Å². The van der Waals surface area contributed by atoms with Crippen molar-refractivity contribution >= 4 is 11.6 Å². The van der Waals surface area contributed by atoms with E-state index in [4.69, 9.17) is 11.6 Å². The number of rotatable bonds is 2. The lowest BCUT2D eigenvalue weighted by Gasteiger charge is -2.14. The molecule has 0 fully saturated rings. The maximum atomic E-state index is 9.48. The molecule has 0 aliphatic carbocycles. The monoisotopic (exact) mass is 313 g/mol. The van der Waals surface area contributed by atoms with Crippen molar-refractivity contribution in [2.75, 3.05) is 0 Å². The van der Waals surface area contributed by atoms with E-state index in [1.807, 2.05) is 57.2 Å². The van der Waals surface area contributed by atoms with Crippen molar-refractivity contribution in [3.63, 3.8) is 0 Å². The summed E-state index contributed by atoms with van der Waals surface area (Å²) in [5, 5.41) is 10.1. The van der Waals surface area contributed by atoms with Gasteiger partial charge >= 0.3 is 0 Å². The van der Waals surface area contributed by atoms with Crippen molar-refractivity contribution < 1.29 is 0 Å². The first kappa shape index (κ1) is 18.3. The van der Waals surface area contributed by atoms with Crippen molar-refractivity contribution in [3.05, 3.63) is 69.2 Å². The van der Waals surface area contributed by atoms with E-state index in [-0.39, 0.29) is 5.92 Å². The van der Waals surface area contributed by atoms with Crippen LogP contribution in [0.4, 0.5) is 0 Å². The molecule has 1 unspecified atom stereocenters. The maximum Gasteiger partial charge on any atom is 0.0977 e. The Hall–Kier alpha value is -1.78. The predicted molar refractivity (Wildman–Crippen MR) is 95.5 cm³/mol. The van der Waals surface area contributed by atoms with Gasteiger partial charge in [0.2, 0.25) is 0 Å². The SMILES string of the molecule is CCC.Cc1ccc(C(C#N)c2cc(C)c(C)cc2Cl)cc1. The van der Waals surface area contributed by atoms with E-state index in [9.17, 15) is 5.26 Å². The molecule has 0 aliphatic rings. The summed E-state index contributed by atoms with van der Waals surface area (Å²) >= 11 is 6.31. The predicted octanol–water partition coefficient (Wildman–Crippen LogP) is 6.34. The lowest BCUT2D eigenvalue weighted by atomic mass is 9.90. The Morgan fingerprint density at radius 3 is 2.00 bits per heavy atom. The summed E-state index contributed by atoms with van der Waals surface area (Å²) in [4.78, 5) is 0. The molecule has 0 saturated heterocycles. The Bertz CT molecular complexity index is 651. The second-order valence-corrected chi connectivity index (χ2v) is 6.05. The van der Waals surface area contributed by atoms with Gasteiger partial charge in [0.05, 0.1) is 12.0 Å². The van der Waals surface area contributed by atoms with Crippen LogP contribution in [0.1, 0.15) is 54.0 Å². The zero-order chi connectivity index (χ0) is 16.7. The standard InChI is InChI=1S/C17H16ClN.C3H8/c1-11-4-6-14(7-5-11)16(10-19)15-8-12(2)13(3)9-17(15)18;1-3-2/h4-9,16H,1-3H3;3H2,1-2H3. The number of halogens is 1. The van der Waals surface area contributed by atoms with E-state index in [1.165, 1.54) is 12.0 Å². The van der Waals surface area contributed by atoms with Crippen molar-refractivity contribution in [1.29, 1.82) is 5.26 Å². The number of nitriles is 1. The minimum absolute atomic E-state index is 0.313. The van der Waals surface area contributed by atoms with E-state index >= 15 is 0 Å². The first-order valence-corrected chi connectivity index (χ1v) is 8.05. The van der Waals surface area contributed by atoms with Gasteiger partial charge in [-0.3, -0.25) is 0 Å². The first-order valence-electron chi connectivity index (χ1n) is 7.67. The van der Waals surface area contributed by atoms with E-state index in [0.717, 1.165) is 22.3 Å². The first-order chi connectivity index (χ1) is 10.4. The number of hydrogen-bond acceptors (Lipinski definition) is 1. The summed E-state index contributed by atoms with van der Waals surface area (Å²) in [5.41, 5.74) is 5.36. The highest BCUT2D eigenvalue weighted by atomic mass is 35.5. The fourth-order valence-electron chi connectivity index (χ4n) is 2.11. The van der Waals surface area contributed by atoms with Gasteiger partial charge in [-0.15, -0.1) is 0 Å². The van der Waals surface area contributed by atoms with Crippen LogP contribution in [0.25, 0.3) is 0 Å². The van der Waals surface area contributed by atoms with Crippen molar-refractivity contribution in [1.82, 2.24) is 0 Å². The topological polar surface area (TPSA) is 23.8 Å². The van der Waals surface area contributed by atoms with E-state index in [2.05, 4.69) is 19.9 Å². The summed E-state index contributed by atoms with van der Waals surface area (Å²) in [6, 6.07) is 14.3. The van der Waals surface area contributed by atoms with Gasteiger partial charge in [-0.25, -0.2) is 0 Å². The molecule has 0 aliphatic heterocycles. The van der Waals surface area contributed by atoms with Gasteiger partial charge in [0, 0.05) is 5.02 Å². The van der Waals surface area contributed by atoms with Crippen molar-refractivity contribution in [2.45, 2.75) is 47.0 Å². The quantitative estimate of drug-likeness (QED) is 0.635. The van der Waals surface area contributed by atoms with Gasteiger partial charge in [0.25, 0.3) is 0 Å². The van der Waals surface area contributed by atoms with Gasteiger partial charge < -0.3 is 0 Å². The molecule has 2 heteroatoms. The molecule has 116 valence electrons. The summed E-state index contributed by atoms with van der Waals surface area (Å²) in [6.07, 6.45) is 1.25. The average molecular weight is 314 g/mol. The van der Waals surface area contributed by atoms with Crippen LogP contribution in [0.5, 0.6) is 0 Å². The molecule has 1 atom stereocenters. The summed E-state index contributed by atoms with van der Waals surface area (Å²) in [5.74, 6) is -0.313. The van der Waals surface area contributed by atoms with Gasteiger partial charge in [-0.1, -0.05) is 67.8 Å². The second-order valence-electron chi connectivity index (χ2n) is 5.64. The van der Waals surface area contributed by atoms with Crippen LogP contribution in [-0.2, 0) is 0 Å². The normalized spacial score (nSPS) is 11.1. The largest absolute Gasteiger partial charge is 0.197 e. The van der Waals surface area contributed by atoms with E-state index < -0.39 is 0 Å². The summed E-state index contributed by atoms with van der Waals surface area (Å²) in [7, 11) is 0. The van der Waals surface area contributed by atoms with Crippen LogP contribution >= 0.6 is 11.6 Å². The maximum absolute atomic E-state index is 9.48. The zero-order valence-corrected chi connectivity index (χ0v) is 14.8. The number of hydrogen-bond donors (Lipinski definition) is 0. The number of aryl methyl sites for hydroxylation is 3. The third-order valence-electron chi connectivity index (χ3n) is 3.46. The smallest absolute Gasteiger partial charge is 0.0977 e. The Labute approximate surface area is 139 Å². The molecule has 0 spiro atoms. The second kappa shape index (κ2) is 8.61. The molecule has 0 N–H and O–H groups in total. The fourth-order valence-corrected chi connectivity index (χ4v) is 2.43. The van der Waals surface area contributed by atoms with Gasteiger partial charge in [0.1, 0.15) is 0 Å². The molecule has 0 amide bonds. The van der Waals surface area contributed by atoms with Crippen LogP contribution in [0.2, 0.25) is 5.02 Å². The van der Waals surface area contributed by atoms with E-state index in [0.29, 0.717) is 5.02 Å². The molecule has 0 saturated carbocycles.